The van der Waals surface area contributed by atoms with E-state index in [9.17, 15) is 18.0 Å². The molecule has 0 saturated carbocycles. The zero-order valence-electron chi connectivity index (χ0n) is 4.90. The molecule has 0 spiro atoms. The van der Waals surface area contributed by atoms with Crippen LogP contribution in [0, 0.1) is 0 Å². The van der Waals surface area contributed by atoms with Crippen molar-refractivity contribution in [3.05, 3.63) is 0 Å². The van der Waals surface area contributed by atoms with E-state index in [-0.39, 0.29) is 6.42 Å². The Bertz CT molecular complexity index is 102. The van der Waals surface area contributed by atoms with Crippen molar-refractivity contribution in [3.63, 3.8) is 0 Å². The largest absolute Gasteiger partial charge is 0.296 e. The zero-order chi connectivity index (χ0) is 7.44. The van der Waals surface area contributed by atoms with Crippen LogP contribution in [0.1, 0.15) is 13.3 Å². The number of ketones is 1. The van der Waals surface area contributed by atoms with Crippen LogP contribution in [0.25, 0.3) is 0 Å². The summed E-state index contributed by atoms with van der Waals surface area (Å²) in [6.07, 6.45) is -5.93. The molecule has 0 bridgehead atoms. The summed E-state index contributed by atoms with van der Waals surface area (Å²) in [7, 11) is 0. The molecule has 0 fully saturated rings. The maximum Gasteiger partial charge on any atom is 0.276 e. The standard InChI is InChI=1S/C5H7F3O/c1-2-3(9)4(6)5(7)8/h4-5H,2H2,1H3. The van der Waals surface area contributed by atoms with Crippen LogP contribution in [-0.2, 0) is 4.79 Å². The second-order valence-electron chi connectivity index (χ2n) is 1.56. The van der Waals surface area contributed by atoms with Crippen LogP contribution < -0.4 is 0 Å². The van der Waals surface area contributed by atoms with E-state index in [2.05, 4.69) is 0 Å². The zero-order valence-corrected chi connectivity index (χ0v) is 4.90. The molecule has 0 heterocycles. The van der Waals surface area contributed by atoms with Gasteiger partial charge in [0.1, 0.15) is 0 Å². The molecule has 0 rings (SSSR count). The average molecular weight is 140 g/mol. The molecule has 0 aliphatic carbocycles. The summed E-state index contributed by atoms with van der Waals surface area (Å²) in [5.74, 6) is -1.04. The van der Waals surface area contributed by atoms with Crippen LogP contribution in [-0.4, -0.2) is 18.4 Å². The Balaban J connectivity index is 3.72. The molecule has 0 aliphatic rings. The molecule has 0 aliphatic heterocycles. The second kappa shape index (κ2) is 3.48. The van der Waals surface area contributed by atoms with E-state index >= 15 is 0 Å². The maximum atomic E-state index is 11.8. The smallest absolute Gasteiger partial charge is 0.276 e. The van der Waals surface area contributed by atoms with Gasteiger partial charge in [-0.05, 0) is 0 Å². The summed E-state index contributed by atoms with van der Waals surface area (Å²) < 4.78 is 34.4. The van der Waals surface area contributed by atoms with Gasteiger partial charge in [-0.3, -0.25) is 4.79 Å². The monoisotopic (exact) mass is 140 g/mol. The highest BCUT2D eigenvalue weighted by atomic mass is 19.3. The molecular weight excluding hydrogens is 133 g/mol. The summed E-state index contributed by atoms with van der Waals surface area (Å²) in [6.45, 7) is 1.34. The lowest BCUT2D eigenvalue weighted by Crippen LogP contribution is -2.22. The van der Waals surface area contributed by atoms with E-state index in [1.165, 1.54) is 6.92 Å². The molecule has 0 aromatic carbocycles. The number of rotatable bonds is 3. The normalized spacial score (nSPS) is 13.9. The third-order valence-electron chi connectivity index (χ3n) is 0.877. The quantitative estimate of drug-likeness (QED) is 0.581. The molecular formula is C5H7F3O. The number of alkyl halides is 3. The summed E-state index contributed by atoms with van der Waals surface area (Å²) in [4.78, 5) is 10.1. The first-order valence-electron chi connectivity index (χ1n) is 2.54. The minimum Gasteiger partial charge on any atom is -0.296 e. The van der Waals surface area contributed by atoms with Gasteiger partial charge in [0.05, 0.1) is 0 Å². The molecule has 9 heavy (non-hydrogen) atoms. The predicted molar refractivity (Wildman–Crippen MR) is 26.2 cm³/mol. The Morgan fingerprint density at radius 2 is 1.89 bits per heavy atom. The van der Waals surface area contributed by atoms with E-state index < -0.39 is 18.4 Å². The Labute approximate surface area is 50.9 Å². The molecule has 4 heteroatoms. The van der Waals surface area contributed by atoms with Crippen LogP contribution in [0.4, 0.5) is 13.2 Å². The van der Waals surface area contributed by atoms with Gasteiger partial charge in [0.2, 0.25) is 6.17 Å². The first-order valence-corrected chi connectivity index (χ1v) is 2.54. The first-order chi connectivity index (χ1) is 4.09. The first kappa shape index (κ1) is 8.46. The van der Waals surface area contributed by atoms with Gasteiger partial charge in [0.15, 0.2) is 5.78 Å². The Morgan fingerprint density at radius 1 is 1.44 bits per heavy atom. The summed E-state index contributed by atoms with van der Waals surface area (Å²) in [5.41, 5.74) is 0. The van der Waals surface area contributed by atoms with Crippen molar-refractivity contribution in [2.45, 2.75) is 25.9 Å². The molecule has 0 N–H and O–H groups in total. The fourth-order valence-corrected chi connectivity index (χ4v) is 0.336. The SMILES string of the molecule is CCC(=O)C(F)C(F)F. The molecule has 1 atom stereocenters. The molecule has 0 aromatic rings. The van der Waals surface area contributed by atoms with Crippen LogP contribution in [0.5, 0.6) is 0 Å². The van der Waals surface area contributed by atoms with Crippen molar-refractivity contribution in [2.75, 3.05) is 0 Å². The van der Waals surface area contributed by atoms with Crippen molar-refractivity contribution >= 4 is 5.78 Å². The highest BCUT2D eigenvalue weighted by Crippen LogP contribution is 2.07. The Morgan fingerprint density at radius 3 is 2.00 bits per heavy atom. The average Bonchev–Trinajstić information content (AvgIpc) is 1.84. The summed E-state index contributed by atoms with van der Waals surface area (Å²) in [6, 6.07) is 0. The van der Waals surface area contributed by atoms with Crippen LogP contribution in [0.2, 0.25) is 0 Å². The fraction of sp³-hybridized carbons (Fsp3) is 0.800. The lowest BCUT2D eigenvalue weighted by atomic mass is 10.2. The van der Waals surface area contributed by atoms with Crippen LogP contribution in [0.3, 0.4) is 0 Å². The second-order valence-corrected chi connectivity index (χ2v) is 1.56. The molecule has 1 unspecified atom stereocenters. The molecule has 0 amide bonds. The fourth-order valence-electron chi connectivity index (χ4n) is 0.336. The van der Waals surface area contributed by atoms with Gasteiger partial charge in [-0.15, -0.1) is 0 Å². The van der Waals surface area contributed by atoms with E-state index in [4.69, 9.17) is 0 Å². The molecule has 1 nitrogen and oxygen atoms in total. The summed E-state index contributed by atoms with van der Waals surface area (Å²) in [5, 5.41) is 0. The molecule has 54 valence electrons. The molecule has 0 aromatic heterocycles. The third-order valence-corrected chi connectivity index (χ3v) is 0.877. The van der Waals surface area contributed by atoms with Crippen LogP contribution >= 0.6 is 0 Å². The third kappa shape index (κ3) is 2.49. The number of Topliss-reactive ketones (excluding diaryl/α,β-unsaturated/α-hetero) is 1. The van der Waals surface area contributed by atoms with Crippen molar-refractivity contribution in [2.24, 2.45) is 0 Å². The molecule has 0 saturated heterocycles. The van der Waals surface area contributed by atoms with Gasteiger partial charge < -0.3 is 0 Å². The van der Waals surface area contributed by atoms with Crippen molar-refractivity contribution in [1.29, 1.82) is 0 Å². The highest BCUT2D eigenvalue weighted by Gasteiger charge is 2.25. The molecule has 0 radical (unpaired) electrons. The number of carbonyl (C=O) groups is 1. The van der Waals surface area contributed by atoms with Crippen molar-refractivity contribution in [1.82, 2.24) is 0 Å². The number of hydrogen-bond donors (Lipinski definition) is 0. The van der Waals surface area contributed by atoms with E-state index in [0.29, 0.717) is 0 Å². The van der Waals surface area contributed by atoms with Gasteiger partial charge in [-0.25, -0.2) is 13.2 Å². The lowest BCUT2D eigenvalue weighted by molar-refractivity contribution is -0.128. The van der Waals surface area contributed by atoms with E-state index in [1.54, 1.807) is 0 Å². The van der Waals surface area contributed by atoms with Gasteiger partial charge in [0, 0.05) is 6.42 Å². The predicted octanol–water partition coefficient (Wildman–Crippen LogP) is 1.57. The topological polar surface area (TPSA) is 17.1 Å². The van der Waals surface area contributed by atoms with Gasteiger partial charge in [-0.1, -0.05) is 6.92 Å². The Hall–Kier alpha value is -0.540. The van der Waals surface area contributed by atoms with E-state index in [1.807, 2.05) is 0 Å². The van der Waals surface area contributed by atoms with Crippen molar-refractivity contribution in [3.8, 4) is 0 Å². The van der Waals surface area contributed by atoms with Crippen LogP contribution in [0.15, 0.2) is 0 Å². The summed E-state index contributed by atoms with van der Waals surface area (Å²) >= 11 is 0. The minimum absolute atomic E-state index is 0.175. The minimum atomic E-state index is -3.17. The van der Waals surface area contributed by atoms with Crippen molar-refractivity contribution < 1.29 is 18.0 Å². The maximum absolute atomic E-state index is 11.8. The van der Waals surface area contributed by atoms with Gasteiger partial charge in [-0.2, -0.15) is 0 Å². The lowest BCUT2D eigenvalue weighted by Gasteiger charge is -2.01. The van der Waals surface area contributed by atoms with E-state index in [0.717, 1.165) is 0 Å². The highest BCUT2D eigenvalue weighted by molar-refractivity contribution is 5.82. The van der Waals surface area contributed by atoms with Gasteiger partial charge in [0.25, 0.3) is 6.43 Å². The van der Waals surface area contributed by atoms with Gasteiger partial charge >= 0.3 is 0 Å². The Kier molecular flexibility index (Phi) is 3.27. The number of halogens is 3. The number of hydrogen-bond acceptors (Lipinski definition) is 1. The number of carbonyl (C=O) groups excluding carboxylic acids is 1.